The molecule has 1 heterocycles. The quantitative estimate of drug-likeness (QED) is 0.515. The lowest BCUT2D eigenvalue weighted by Crippen LogP contribution is -2.41. The molecule has 0 saturated carbocycles. The Balaban J connectivity index is 2.13. The predicted molar refractivity (Wildman–Crippen MR) is 72.7 cm³/mol. The zero-order valence-corrected chi connectivity index (χ0v) is 10.8. The Bertz CT molecular complexity index is 544. The second-order valence-electron chi connectivity index (χ2n) is 4.61. The smallest absolute Gasteiger partial charge is 0.328 e. The van der Waals surface area contributed by atoms with E-state index >= 15 is 0 Å². The second-order valence-corrected chi connectivity index (χ2v) is 4.61. The highest BCUT2D eigenvalue weighted by Gasteiger charge is 2.27. The molecular formula is C13H15N3O4. The predicted octanol–water partition coefficient (Wildman–Crippen LogP) is 1.87. The van der Waals surface area contributed by atoms with Gasteiger partial charge >= 0.3 is 5.97 Å². The van der Waals surface area contributed by atoms with Gasteiger partial charge in [0.15, 0.2) is 0 Å². The third-order valence-electron chi connectivity index (χ3n) is 3.20. The van der Waals surface area contributed by atoms with Crippen LogP contribution in [0.1, 0.15) is 24.8 Å². The maximum atomic E-state index is 11.1. The third-order valence-corrected chi connectivity index (χ3v) is 3.20. The van der Waals surface area contributed by atoms with Crippen molar-refractivity contribution in [2.45, 2.75) is 25.3 Å². The summed E-state index contributed by atoms with van der Waals surface area (Å²) in [5.74, 6) is -0.888. The molecule has 0 radical (unpaired) electrons. The van der Waals surface area contributed by atoms with E-state index in [4.69, 9.17) is 5.11 Å². The van der Waals surface area contributed by atoms with E-state index in [0.717, 1.165) is 12.8 Å². The first kappa shape index (κ1) is 14.0. The van der Waals surface area contributed by atoms with Gasteiger partial charge in [0, 0.05) is 24.2 Å². The van der Waals surface area contributed by atoms with Gasteiger partial charge in [0.1, 0.15) is 6.04 Å². The van der Waals surface area contributed by atoms with Gasteiger partial charge in [-0.15, -0.1) is 0 Å². The fourth-order valence-electron chi connectivity index (χ4n) is 2.17. The molecule has 1 aliphatic rings. The number of benzene rings is 1. The maximum Gasteiger partial charge on any atom is 0.328 e. The summed E-state index contributed by atoms with van der Waals surface area (Å²) in [6.45, 7) is 0.586. The molecule has 106 valence electrons. The molecule has 0 aromatic heterocycles. The van der Waals surface area contributed by atoms with Gasteiger partial charge in [-0.05, 0) is 19.3 Å². The molecule has 0 unspecified atom stereocenters. The monoisotopic (exact) mass is 277 g/mol. The Morgan fingerprint density at radius 2 is 2.30 bits per heavy atom. The van der Waals surface area contributed by atoms with Gasteiger partial charge in [0.2, 0.25) is 0 Å². The fraction of sp³-hybridized carbons (Fsp3) is 0.385. The van der Waals surface area contributed by atoms with Crippen LogP contribution in [0.4, 0.5) is 5.69 Å². The number of carbonyl (C=O) groups is 1. The summed E-state index contributed by atoms with van der Waals surface area (Å²) < 4.78 is 0. The van der Waals surface area contributed by atoms with Crippen molar-refractivity contribution in [1.82, 2.24) is 5.01 Å². The highest BCUT2D eigenvalue weighted by atomic mass is 16.6. The number of carboxylic acid groups (broad SMARTS) is 1. The lowest BCUT2D eigenvalue weighted by Gasteiger charge is -2.30. The number of hydrogen-bond donors (Lipinski definition) is 1. The van der Waals surface area contributed by atoms with Crippen LogP contribution in [0.15, 0.2) is 29.4 Å². The maximum absolute atomic E-state index is 11.1. The molecule has 1 fully saturated rings. The van der Waals surface area contributed by atoms with Crippen molar-refractivity contribution in [3.63, 3.8) is 0 Å². The number of non-ortho nitro benzene ring substituents is 1. The van der Waals surface area contributed by atoms with Crippen molar-refractivity contribution in [1.29, 1.82) is 0 Å². The highest BCUT2D eigenvalue weighted by molar-refractivity contribution is 5.81. The molecular weight excluding hydrogens is 262 g/mol. The standard InChI is InChI=1S/C13H15N3O4/c17-13(18)12-6-1-2-7-15(12)14-9-10-4-3-5-11(8-10)16(19)20/h3-5,8-9,12H,1-2,6-7H2,(H,17,18)/b14-9-/t12-/m1/s1. The summed E-state index contributed by atoms with van der Waals surface area (Å²) in [4.78, 5) is 21.3. The minimum Gasteiger partial charge on any atom is -0.480 e. The zero-order valence-electron chi connectivity index (χ0n) is 10.8. The van der Waals surface area contributed by atoms with Gasteiger partial charge in [-0.3, -0.25) is 15.1 Å². The van der Waals surface area contributed by atoms with Crippen molar-refractivity contribution in [3.8, 4) is 0 Å². The van der Waals surface area contributed by atoms with Gasteiger partial charge < -0.3 is 5.11 Å². The minimum atomic E-state index is -0.888. The van der Waals surface area contributed by atoms with Crippen LogP contribution in [0, 0.1) is 10.1 Å². The molecule has 1 aromatic carbocycles. The largest absolute Gasteiger partial charge is 0.480 e. The minimum absolute atomic E-state index is 0.0117. The topological polar surface area (TPSA) is 96.0 Å². The van der Waals surface area contributed by atoms with Crippen LogP contribution in [-0.2, 0) is 4.79 Å². The van der Waals surface area contributed by atoms with E-state index in [2.05, 4.69) is 5.10 Å². The van der Waals surface area contributed by atoms with E-state index in [-0.39, 0.29) is 5.69 Å². The van der Waals surface area contributed by atoms with Crippen LogP contribution >= 0.6 is 0 Å². The van der Waals surface area contributed by atoms with Crippen molar-refractivity contribution in [2.75, 3.05) is 6.54 Å². The van der Waals surface area contributed by atoms with Crippen molar-refractivity contribution in [2.24, 2.45) is 5.10 Å². The molecule has 0 bridgehead atoms. The average molecular weight is 277 g/mol. The van der Waals surface area contributed by atoms with Crippen LogP contribution in [0.3, 0.4) is 0 Å². The summed E-state index contributed by atoms with van der Waals surface area (Å²) in [6.07, 6.45) is 3.81. The Labute approximate surface area is 115 Å². The van der Waals surface area contributed by atoms with E-state index in [9.17, 15) is 14.9 Å². The van der Waals surface area contributed by atoms with E-state index in [1.165, 1.54) is 23.4 Å². The molecule has 7 heteroatoms. The van der Waals surface area contributed by atoms with Gasteiger partial charge in [0.05, 0.1) is 11.1 Å². The van der Waals surface area contributed by atoms with Gasteiger partial charge in [0.25, 0.3) is 5.69 Å². The average Bonchev–Trinajstić information content (AvgIpc) is 2.45. The van der Waals surface area contributed by atoms with E-state index in [1.54, 1.807) is 12.1 Å². The zero-order chi connectivity index (χ0) is 14.5. The molecule has 0 spiro atoms. The molecule has 1 aromatic rings. The summed E-state index contributed by atoms with van der Waals surface area (Å²) in [5, 5.41) is 25.5. The molecule has 1 atom stereocenters. The normalized spacial score (nSPS) is 19.2. The van der Waals surface area contributed by atoms with Crippen molar-refractivity contribution < 1.29 is 14.8 Å². The SMILES string of the molecule is O=C(O)[C@H]1CCCCN1/N=C\c1cccc([N+](=O)[O-])c1. The van der Waals surface area contributed by atoms with Crippen molar-refractivity contribution >= 4 is 17.9 Å². The number of nitro benzene ring substituents is 1. The van der Waals surface area contributed by atoms with Crippen LogP contribution in [0.25, 0.3) is 0 Å². The molecule has 2 rings (SSSR count). The van der Waals surface area contributed by atoms with Crippen LogP contribution in [-0.4, -0.2) is 39.8 Å². The highest BCUT2D eigenvalue weighted by Crippen LogP contribution is 2.18. The Morgan fingerprint density at radius 1 is 1.50 bits per heavy atom. The van der Waals surface area contributed by atoms with Crippen LogP contribution in [0.5, 0.6) is 0 Å². The summed E-state index contributed by atoms with van der Waals surface area (Å²) in [5.41, 5.74) is 0.566. The molecule has 20 heavy (non-hydrogen) atoms. The van der Waals surface area contributed by atoms with Crippen LogP contribution < -0.4 is 0 Å². The van der Waals surface area contributed by atoms with Gasteiger partial charge in [-0.1, -0.05) is 12.1 Å². The van der Waals surface area contributed by atoms with Gasteiger partial charge in [-0.25, -0.2) is 4.79 Å². The fourth-order valence-corrected chi connectivity index (χ4v) is 2.17. The Hall–Kier alpha value is -2.44. The first-order valence-corrected chi connectivity index (χ1v) is 6.36. The molecule has 1 N–H and O–H groups in total. The van der Waals surface area contributed by atoms with Crippen molar-refractivity contribution in [3.05, 3.63) is 39.9 Å². The summed E-state index contributed by atoms with van der Waals surface area (Å²) in [7, 11) is 0. The first-order valence-electron chi connectivity index (χ1n) is 6.36. The molecule has 1 saturated heterocycles. The summed E-state index contributed by atoms with van der Waals surface area (Å²) >= 11 is 0. The van der Waals surface area contributed by atoms with Crippen LogP contribution in [0.2, 0.25) is 0 Å². The summed E-state index contributed by atoms with van der Waals surface area (Å²) in [6, 6.07) is 5.46. The molecule has 7 nitrogen and oxygen atoms in total. The lowest BCUT2D eigenvalue weighted by molar-refractivity contribution is -0.384. The van der Waals surface area contributed by atoms with E-state index < -0.39 is 16.9 Å². The number of rotatable bonds is 4. The number of hydrogen-bond acceptors (Lipinski definition) is 5. The Kier molecular flexibility index (Phi) is 4.29. The van der Waals surface area contributed by atoms with E-state index in [0.29, 0.717) is 18.5 Å². The first-order chi connectivity index (χ1) is 9.58. The number of nitrogens with zero attached hydrogens (tertiary/aromatic N) is 3. The van der Waals surface area contributed by atoms with Gasteiger partial charge in [-0.2, -0.15) is 5.10 Å². The number of nitro groups is 1. The molecule has 1 aliphatic heterocycles. The third kappa shape index (κ3) is 3.31. The number of hydrazone groups is 1. The lowest BCUT2D eigenvalue weighted by atomic mass is 10.0. The second kappa shape index (κ2) is 6.14. The Morgan fingerprint density at radius 3 is 3.00 bits per heavy atom. The van der Waals surface area contributed by atoms with E-state index in [1.807, 2.05) is 0 Å². The molecule has 0 amide bonds. The number of piperidine rings is 1. The number of aliphatic carboxylic acids is 1. The molecule has 0 aliphatic carbocycles. The number of carboxylic acids is 1.